The van der Waals surface area contributed by atoms with E-state index in [1.807, 2.05) is 0 Å². The number of aromatic nitrogens is 4. The van der Waals surface area contributed by atoms with Crippen LogP contribution in [0.15, 0.2) is 0 Å². The summed E-state index contributed by atoms with van der Waals surface area (Å²) in [6, 6.07) is 0. The Morgan fingerprint density at radius 3 is 2.73 bits per heavy atom. The van der Waals surface area contributed by atoms with E-state index in [4.69, 9.17) is 5.73 Å². The van der Waals surface area contributed by atoms with Crippen molar-refractivity contribution in [2.45, 2.75) is 6.92 Å². The van der Waals surface area contributed by atoms with Crippen molar-refractivity contribution < 1.29 is 9.53 Å². The third-order valence-corrected chi connectivity index (χ3v) is 2.19. The number of anilines is 1. The first-order chi connectivity index (χ1) is 7.06. The summed E-state index contributed by atoms with van der Waals surface area (Å²) in [5.41, 5.74) is 6.43. The molecule has 0 unspecified atom stereocenters. The summed E-state index contributed by atoms with van der Waals surface area (Å²) in [4.78, 5) is 11.5. The van der Waals surface area contributed by atoms with Crippen molar-refractivity contribution >= 4 is 17.4 Å². The fourth-order valence-electron chi connectivity index (χ4n) is 1.55. The SMILES string of the molecule is COC(=O)c1c(N)nn2c(C)nn(C)c12. The lowest BCUT2D eigenvalue weighted by molar-refractivity contribution is 0.0603. The molecule has 2 aromatic rings. The summed E-state index contributed by atoms with van der Waals surface area (Å²) in [5, 5.41) is 8.14. The zero-order chi connectivity index (χ0) is 11.2. The highest BCUT2D eigenvalue weighted by molar-refractivity contribution is 6.00. The first-order valence-electron chi connectivity index (χ1n) is 4.32. The molecule has 15 heavy (non-hydrogen) atoms. The predicted molar refractivity (Wildman–Crippen MR) is 52.4 cm³/mol. The number of fused-ring (bicyclic) bond motifs is 1. The van der Waals surface area contributed by atoms with E-state index in [9.17, 15) is 4.79 Å². The number of hydrogen-bond acceptors (Lipinski definition) is 5. The van der Waals surface area contributed by atoms with Crippen LogP contribution in [0.1, 0.15) is 16.2 Å². The number of hydrogen-bond donors (Lipinski definition) is 1. The van der Waals surface area contributed by atoms with Crippen LogP contribution in [0.2, 0.25) is 0 Å². The van der Waals surface area contributed by atoms with Gasteiger partial charge in [0.05, 0.1) is 7.11 Å². The molecule has 0 amide bonds. The molecule has 7 nitrogen and oxygen atoms in total. The molecular weight excluding hydrogens is 198 g/mol. The average Bonchev–Trinajstić information content (AvgIpc) is 2.65. The second kappa shape index (κ2) is 2.97. The molecular formula is C8H11N5O2. The fourth-order valence-corrected chi connectivity index (χ4v) is 1.55. The summed E-state index contributed by atoms with van der Waals surface area (Å²) < 4.78 is 7.70. The van der Waals surface area contributed by atoms with Crippen LogP contribution in [-0.2, 0) is 11.8 Å². The molecule has 0 aliphatic rings. The molecule has 2 aromatic heterocycles. The minimum absolute atomic E-state index is 0.151. The van der Waals surface area contributed by atoms with E-state index in [0.717, 1.165) is 0 Å². The summed E-state index contributed by atoms with van der Waals surface area (Å²) in [6.07, 6.45) is 0. The van der Waals surface area contributed by atoms with E-state index >= 15 is 0 Å². The molecule has 0 fully saturated rings. The van der Waals surface area contributed by atoms with E-state index < -0.39 is 5.97 Å². The molecule has 0 bridgehead atoms. The van der Waals surface area contributed by atoms with Gasteiger partial charge in [0.25, 0.3) is 0 Å². The second-order valence-electron chi connectivity index (χ2n) is 3.16. The molecule has 2 heterocycles. The molecule has 0 aliphatic heterocycles. The Morgan fingerprint density at radius 1 is 1.47 bits per heavy atom. The number of carbonyl (C=O) groups is 1. The second-order valence-corrected chi connectivity index (χ2v) is 3.16. The van der Waals surface area contributed by atoms with Crippen molar-refractivity contribution in [3.8, 4) is 0 Å². The number of esters is 1. The molecule has 0 saturated heterocycles. The Hall–Kier alpha value is -2.05. The first kappa shape index (κ1) is 9.50. The van der Waals surface area contributed by atoms with Crippen molar-refractivity contribution in [2.75, 3.05) is 12.8 Å². The number of aryl methyl sites for hydroxylation is 2. The molecule has 0 atom stereocenters. The summed E-state index contributed by atoms with van der Waals surface area (Å²) in [5.74, 6) is 0.304. The number of nitrogens with two attached hydrogens (primary N) is 1. The van der Waals surface area contributed by atoms with Gasteiger partial charge < -0.3 is 10.5 Å². The van der Waals surface area contributed by atoms with Crippen LogP contribution in [0.5, 0.6) is 0 Å². The maximum atomic E-state index is 11.5. The largest absolute Gasteiger partial charge is 0.465 e. The van der Waals surface area contributed by atoms with Crippen molar-refractivity contribution in [3.05, 3.63) is 11.4 Å². The fraction of sp³-hybridized carbons (Fsp3) is 0.375. The predicted octanol–water partition coefficient (Wildman–Crippen LogP) is -0.255. The van der Waals surface area contributed by atoms with Crippen LogP contribution in [0.3, 0.4) is 0 Å². The van der Waals surface area contributed by atoms with E-state index in [2.05, 4.69) is 14.9 Å². The van der Waals surface area contributed by atoms with E-state index in [0.29, 0.717) is 11.5 Å². The van der Waals surface area contributed by atoms with Crippen molar-refractivity contribution in [3.63, 3.8) is 0 Å². The number of ether oxygens (including phenoxy) is 1. The smallest absolute Gasteiger partial charge is 0.345 e. The number of methoxy groups -OCH3 is 1. The highest BCUT2D eigenvalue weighted by atomic mass is 16.5. The Labute approximate surface area is 85.4 Å². The number of carbonyl (C=O) groups excluding carboxylic acids is 1. The van der Waals surface area contributed by atoms with Gasteiger partial charge in [-0.05, 0) is 6.92 Å². The van der Waals surface area contributed by atoms with Gasteiger partial charge in [-0.2, -0.15) is 9.61 Å². The molecule has 0 radical (unpaired) electrons. The normalized spacial score (nSPS) is 10.9. The number of rotatable bonds is 1. The maximum Gasteiger partial charge on any atom is 0.345 e. The molecule has 0 spiro atoms. The summed E-state index contributed by atoms with van der Waals surface area (Å²) >= 11 is 0. The van der Waals surface area contributed by atoms with Crippen LogP contribution in [0.25, 0.3) is 5.65 Å². The zero-order valence-electron chi connectivity index (χ0n) is 8.68. The van der Waals surface area contributed by atoms with Crippen LogP contribution >= 0.6 is 0 Å². The molecule has 80 valence electrons. The van der Waals surface area contributed by atoms with Crippen LogP contribution in [0, 0.1) is 6.92 Å². The van der Waals surface area contributed by atoms with Crippen LogP contribution < -0.4 is 5.73 Å². The Bertz CT molecular complexity index is 539. The summed E-state index contributed by atoms with van der Waals surface area (Å²) in [7, 11) is 3.02. The Kier molecular flexibility index (Phi) is 1.88. The third kappa shape index (κ3) is 1.16. The molecule has 0 saturated carbocycles. The highest BCUT2D eigenvalue weighted by Gasteiger charge is 2.22. The van der Waals surface area contributed by atoms with Crippen molar-refractivity contribution in [1.82, 2.24) is 19.4 Å². The van der Waals surface area contributed by atoms with E-state index in [-0.39, 0.29) is 11.4 Å². The monoisotopic (exact) mass is 209 g/mol. The van der Waals surface area contributed by atoms with Gasteiger partial charge >= 0.3 is 5.97 Å². The zero-order valence-corrected chi connectivity index (χ0v) is 8.68. The van der Waals surface area contributed by atoms with Gasteiger partial charge in [-0.25, -0.2) is 9.48 Å². The van der Waals surface area contributed by atoms with Gasteiger partial charge in [-0.3, -0.25) is 0 Å². The average molecular weight is 209 g/mol. The lowest BCUT2D eigenvalue weighted by Crippen LogP contribution is -2.06. The number of nitrogens with zero attached hydrogens (tertiary/aromatic N) is 4. The molecule has 0 aromatic carbocycles. The van der Waals surface area contributed by atoms with Crippen LogP contribution in [-0.4, -0.2) is 32.5 Å². The lowest BCUT2D eigenvalue weighted by Gasteiger charge is -1.97. The lowest BCUT2D eigenvalue weighted by atomic mass is 10.3. The summed E-state index contributed by atoms with van der Waals surface area (Å²) in [6.45, 7) is 1.78. The standard InChI is InChI=1S/C8H11N5O2/c1-4-10-12(2)7-5(8(14)15-3)6(9)11-13(4)7/h1-3H3,(H2,9,11). The minimum Gasteiger partial charge on any atom is -0.465 e. The molecule has 0 aliphatic carbocycles. The van der Waals surface area contributed by atoms with Gasteiger partial charge in [0.1, 0.15) is 11.4 Å². The van der Waals surface area contributed by atoms with Gasteiger partial charge in [0.15, 0.2) is 11.5 Å². The van der Waals surface area contributed by atoms with Gasteiger partial charge in [-0.1, -0.05) is 0 Å². The Balaban J connectivity index is 2.82. The van der Waals surface area contributed by atoms with E-state index in [1.165, 1.54) is 11.6 Å². The third-order valence-electron chi connectivity index (χ3n) is 2.19. The topological polar surface area (TPSA) is 87.4 Å². The minimum atomic E-state index is -0.509. The maximum absolute atomic E-state index is 11.5. The van der Waals surface area contributed by atoms with Crippen molar-refractivity contribution in [2.24, 2.45) is 7.05 Å². The number of nitrogen functional groups attached to an aromatic ring is 1. The van der Waals surface area contributed by atoms with Gasteiger partial charge in [0, 0.05) is 7.05 Å². The quantitative estimate of drug-likeness (QED) is 0.654. The molecule has 2 N–H and O–H groups in total. The van der Waals surface area contributed by atoms with Crippen LogP contribution in [0.4, 0.5) is 5.82 Å². The molecule has 7 heteroatoms. The highest BCUT2D eigenvalue weighted by Crippen LogP contribution is 2.19. The van der Waals surface area contributed by atoms with E-state index in [1.54, 1.807) is 18.7 Å². The Morgan fingerprint density at radius 2 is 2.13 bits per heavy atom. The first-order valence-corrected chi connectivity index (χ1v) is 4.32. The molecule has 2 rings (SSSR count). The van der Waals surface area contributed by atoms with Gasteiger partial charge in [-0.15, -0.1) is 5.10 Å². The van der Waals surface area contributed by atoms with Crippen molar-refractivity contribution in [1.29, 1.82) is 0 Å². The van der Waals surface area contributed by atoms with Gasteiger partial charge in [0.2, 0.25) is 0 Å².